The van der Waals surface area contributed by atoms with Gasteiger partial charge in [-0.25, -0.2) is 0 Å². The van der Waals surface area contributed by atoms with Crippen LogP contribution in [-0.2, 0) is 6.42 Å². The van der Waals surface area contributed by atoms with Gasteiger partial charge in [0.25, 0.3) is 0 Å². The lowest BCUT2D eigenvalue weighted by Crippen LogP contribution is -2.48. The van der Waals surface area contributed by atoms with E-state index in [-0.39, 0.29) is 0 Å². The molecule has 0 amide bonds. The Morgan fingerprint density at radius 3 is 2.89 bits per heavy atom. The molecule has 0 bridgehead atoms. The fraction of sp³-hybridized carbons (Fsp3) is 0.533. The molecular formula is C15H23N3S. The first kappa shape index (κ1) is 14.3. The SMILES string of the molecule is C[C@@H]1CCc2ccccc2N1C(=S)NCCN(C)C. The van der Waals surface area contributed by atoms with Gasteiger partial charge in [0.15, 0.2) is 5.11 Å². The second-order valence-electron chi connectivity index (χ2n) is 5.42. The molecular weight excluding hydrogens is 254 g/mol. The van der Waals surface area contributed by atoms with Crippen LogP contribution in [-0.4, -0.2) is 43.2 Å². The van der Waals surface area contributed by atoms with Crippen LogP contribution < -0.4 is 10.2 Å². The van der Waals surface area contributed by atoms with Crippen molar-refractivity contribution in [2.75, 3.05) is 32.1 Å². The zero-order valence-electron chi connectivity index (χ0n) is 12.0. The average Bonchev–Trinajstić information content (AvgIpc) is 2.38. The lowest BCUT2D eigenvalue weighted by atomic mass is 9.97. The second-order valence-corrected chi connectivity index (χ2v) is 5.81. The van der Waals surface area contributed by atoms with Gasteiger partial charge in [0, 0.05) is 24.8 Å². The largest absolute Gasteiger partial charge is 0.361 e. The molecule has 1 N–H and O–H groups in total. The van der Waals surface area contributed by atoms with E-state index in [1.165, 1.54) is 11.3 Å². The van der Waals surface area contributed by atoms with E-state index in [4.69, 9.17) is 12.2 Å². The van der Waals surface area contributed by atoms with Crippen molar-refractivity contribution in [1.82, 2.24) is 10.2 Å². The Bertz CT molecular complexity index is 445. The summed E-state index contributed by atoms with van der Waals surface area (Å²) in [4.78, 5) is 4.42. The summed E-state index contributed by atoms with van der Waals surface area (Å²) in [6.45, 7) is 4.12. The predicted molar refractivity (Wildman–Crippen MR) is 85.9 cm³/mol. The number of benzene rings is 1. The molecule has 1 atom stereocenters. The molecule has 1 aliphatic heterocycles. The van der Waals surface area contributed by atoms with Crippen LogP contribution in [0, 0.1) is 0 Å². The van der Waals surface area contributed by atoms with E-state index in [9.17, 15) is 0 Å². The molecule has 0 unspecified atom stereocenters. The van der Waals surface area contributed by atoms with Crippen molar-refractivity contribution >= 4 is 23.0 Å². The van der Waals surface area contributed by atoms with Crippen LogP contribution in [0.15, 0.2) is 24.3 Å². The predicted octanol–water partition coefficient (Wildman–Crippen LogP) is 2.26. The molecule has 0 radical (unpaired) electrons. The van der Waals surface area contributed by atoms with Crippen LogP contribution in [0.4, 0.5) is 5.69 Å². The number of anilines is 1. The third-order valence-corrected chi connectivity index (χ3v) is 3.92. The summed E-state index contributed by atoms with van der Waals surface area (Å²) >= 11 is 5.58. The lowest BCUT2D eigenvalue weighted by Gasteiger charge is -2.37. The van der Waals surface area contributed by atoms with Gasteiger partial charge in [-0.3, -0.25) is 0 Å². The number of thiocarbonyl (C=S) groups is 1. The minimum atomic E-state index is 0.467. The van der Waals surface area contributed by atoms with Crippen molar-refractivity contribution in [2.45, 2.75) is 25.8 Å². The molecule has 0 aliphatic carbocycles. The highest BCUT2D eigenvalue weighted by Gasteiger charge is 2.25. The summed E-state index contributed by atoms with van der Waals surface area (Å²) < 4.78 is 0. The van der Waals surface area contributed by atoms with Gasteiger partial charge in [0.05, 0.1) is 0 Å². The van der Waals surface area contributed by atoms with Crippen LogP contribution in [0.3, 0.4) is 0 Å². The molecule has 19 heavy (non-hydrogen) atoms. The molecule has 4 heteroatoms. The van der Waals surface area contributed by atoms with Crippen LogP contribution >= 0.6 is 12.2 Å². The number of rotatable bonds is 3. The number of likely N-dealkylation sites (N-methyl/N-ethyl adjacent to an activating group) is 1. The molecule has 0 spiro atoms. The number of fused-ring (bicyclic) bond motifs is 1. The normalized spacial score (nSPS) is 18.3. The fourth-order valence-corrected chi connectivity index (χ4v) is 2.85. The van der Waals surface area contributed by atoms with Crippen molar-refractivity contribution < 1.29 is 0 Å². The maximum Gasteiger partial charge on any atom is 0.173 e. The highest BCUT2D eigenvalue weighted by Crippen LogP contribution is 2.30. The van der Waals surface area contributed by atoms with Gasteiger partial charge in [-0.05, 0) is 57.7 Å². The molecule has 3 nitrogen and oxygen atoms in total. The molecule has 104 valence electrons. The summed E-state index contributed by atoms with van der Waals surface area (Å²) in [5.74, 6) is 0. The Labute approximate surface area is 121 Å². The highest BCUT2D eigenvalue weighted by molar-refractivity contribution is 7.80. The van der Waals surface area contributed by atoms with Gasteiger partial charge in [-0.15, -0.1) is 0 Å². The van der Waals surface area contributed by atoms with Gasteiger partial charge in [-0.1, -0.05) is 18.2 Å². The maximum absolute atomic E-state index is 5.58. The van der Waals surface area contributed by atoms with E-state index in [1.54, 1.807) is 0 Å². The molecule has 0 saturated carbocycles. The average molecular weight is 277 g/mol. The number of para-hydroxylation sites is 1. The first-order valence-corrected chi connectivity index (χ1v) is 7.30. The van der Waals surface area contributed by atoms with Gasteiger partial charge >= 0.3 is 0 Å². The minimum absolute atomic E-state index is 0.467. The summed E-state index contributed by atoms with van der Waals surface area (Å²) in [5, 5.41) is 4.22. The summed E-state index contributed by atoms with van der Waals surface area (Å²) in [6.07, 6.45) is 2.31. The zero-order chi connectivity index (χ0) is 13.8. The van der Waals surface area contributed by atoms with Gasteiger partial charge in [-0.2, -0.15) is 0 Å². The Kier molecular flexibility index (Phi) is 4.77. The van der Waals surface area contributed by atoms with Crippen molar-refractivity contribution in [3.63, 3.8) is 0 Å². The number of hydrogen-bond acceptors (Lipinski definition) is 2. The molecule has 2 rings (SSSR count). The van der Waals surface area contributed by atoms with Crippen LogP contribution in [0.2, 0.25) is 0 Å². The van der Waals surface area contributed by atoms with Crippen molar-refractivity contribution in [2.24, 2.45) is 0 Å². The van der Waals surface area contributed by atoms with E-state index in [1.807, 2.05) is 0 Å². The van der Waals surface area contributed by atoms with E-state index < -0.39 is 0 Å². The topological polar surface area (TPSA) is 18.5 Å². The Hall–Kier alpha value is -1.13. The van der Waals surface area contributed by atoms with Crippen LogP contribution in [0.25, 0.3) is 0 Å². The third-order valence-electron chi connectivity index (χ3n) is 3.58. The minimum Gasteiger partial charge on any atom is -0.361 e. The summed E-state index contributed by atoms with van der Waals surface area (Å²) in [5.41, 5.74) is 2.67. The van der Waals surface area contributed by atoms with Crippen molar-refractivity contribution in [3.05, 3.63) is 29.8 Å². The van der Waals surface area contributed by atoms with Gasteiger partial charge < -0.3 is 15.1 Å². The lowest BCUT2D eigenvalue weighted by molar-refractivity contribution is 0.412. The number of aryl methyl sites for hydroxylation is 1. The Morgan fingerprint density at radius 1 is 1.42 bits per heavy atom. The molecule has 0 aromatic heterocycles. The van der Waals surface area contributed by atoms with Crippen molar-refractivity contribution in [3.8, 4) is 0 Å². The number of nitrogens with one attached hydrogen (secondary N) is 1. The summed E-state index contributed by atoms with van der Waals surface area (Å²) in [6, 6.07) is 9.04. The molecule has 0 fully saturated rings. The number of nitrogens with zero attached hydrogens (tertiary/aromatic N) is 2. The van der Waals surface area contributed by atoms with E-state index in [0.717, 1.165) is 31.0 Å². The number of hydrogen-bond donors (Lipinski definition) is 1. The Balaban J connectivity index is 2.08. The van der Waals surface area contributed by atoms with Crippen LogP contribution in [0.1, 0.15) is 18.9 Å². The standard InChI is InChI=1S/C15H23N3S/c1-12-8-9-13-6-4-5-7-14(13)18(12)15(19)16-10-11-17(2)3/h4-7,12H,8-11H2,1-3H3,(H,16,19)/t12-/m1/s1. The third kappa shape index (κ3) is 3.45. The Morgan fingerprint density at radius 2 is 2.16 bits per heavy atom. The second kappa shape index (κ2) is 6.35. The quantitative estimate of drug-likeness (QED) is 0.854. The monoisotopic (exact) mass is 277 g/mol. The van der Waals surface area contributed by atoms with Crippen molar-refractivity contribution in [1.29, 1.82) is 0 Å². The molecule has 0 saturated heterocycles. The molecule has 1 aromatic rings. The van der Waals surface area contributed by atoms with E-state index >= 15 is 0 Å². The van der Waals surface area contributed by atoms with E-state index in [2.05, 4.69) is 60.4 Å². The maximum atomic E-state index is 5.58. The molecule has 1 aliphatic rings. The smallest absolute Gasteiger partial charge is 0.173 e. The summed E-state index contributed by atoms with van der Waals surface area (Å²) in [7, 11) is 4.15. The van der Waals surface area contributed by atoms with Crippen LogP contribution in [0.5, 0.6) is 0 Å². The zero-order valence-corrected chi connectivity index (χ0v) is 12.8. The highest BCUT2D eigenvalue weighted by atomic mass is 32.1. The molecule has 1 heterocycles. The van der Waals surface area contributed by atoms with E-state index in [0.29, 0.717) is 6.04 Å². The van der Waals surface area contributed by atoms with Gasteiger partial charge in [0.1, 0.15) is 0 Å². The first-order valence-electron chi connectivity index (χ1n) is 6.89. The first-order chi connectivity index (χ1) is 9.09. The fourth-order valence-electron chi connectivity index (χ4n) is 2.47. The van der Waals surface area contributed by atoms with Gasteiger partial charge in [0.2, 0.25) is 0 Å². The molecule has 1 aromatic carbocycles.